The Morgan fingerprint density at radius 3 is 2.54 bits per heavy atom. The number of likely N-dealkylation sites (tertiary alicyclic amines) is 1. The summed E-state index contributed by atoms with van der Waals surface area (Å²) in [5.41, 5.74) is 4.72. The van der Waals surface area contributed by atoms with E-state index >= 15 is 0 Å². The summed E-state index contributed by atoms with van der Waals surface area (Å²) in [7, 11) is -0.711. The van der Waals surface area contributed by atoms with Gasteiger partial charge in [-0.25, -0.2) is 9.97 Å². The van der Waals surface area contributed by atoms with Crippen molar-refractivity contribution in [1.29, 1.82) is 0 Å². The van der Waals surface area contributed by atoms with Gasteiger partial charge in [-0.2, -0.15) is 0 Å². The SMILES string of the molecule is CB(O)N[C@H](C)C(=O)N1CCC(c2ccc3nc(-c4ccc(OCc5ccccc5)cc4)[nH]c3n2)CC1. The molecule has 1 fully saturated rings. The lowest BCUT2D eigenvalue weighted by atomic mass is 9.87. The van der Waals surface area contributed by atoms with Crippen LogP contribution in [0.1, 0.15) is 36.9 Å². The third-order valence-corrected chi connectivity index (χ3v) is 6.83. The number of ether oxygens (including phenoxy) is 1. The van der Waals surface area contributed by atoms with Crippen LogP contribution in [0, 0.1) is 0 Å². The monoisotopic (exact) mass is 497 g/mol. The van der Waals surface area contributed by atoms with E-state index in [9.17, 15) is 9.82 Å². The van der Waals surface area contributed by atoms with Gasteiger partial charge in [0, 0.05) is 30.3 Å². The number of pyridine rings is 1. The number of nitrogens with one attached hydrogen (secondary N) is 2. The van der Waals surface area contributed by atoms with Crippen molar-refractivity contribution in [3.8, 4) is 17.1 Å². The lowest BCUT2D eigenvalue weighted by Gasteiger charge is -2.33. The summed E-state index contributed by atoms with van der Waals surface area (Å²) in [5.74, 6) is 1.90. The van der Waals surface area contributed by atoms with E-state index in [4.69, 9.17) is 14.7 Å². The number of hydrogen-bond acceptors (Lipinski definition) is 6. The average Bonchev–Trinajstić information content (AvgIpc) is 3.35. The first-order chi connectivity index (χ1) is 18.0. The molecule has 2 aromatic carbocycles. The fourth-order valence-electron chi connectivity index (χ4n) is 4.83. The largest absolute Gasteiger partial charge is 0.489 e. The molecule has 2 aromatic heterocycles. The van der Waals surface area contributed by atoms with Crippen molar-refractivity contribution in [3.05, 3.63) is 78.0 Å². The third-order valence-electron chi connectivity index (χ3n) is 6.83. The fraction of sp³-hybridized carbons (Fsp3) is 0.321. The van der Waals surface area contributed by atoms with Crippen LogP contribution in [0.5, 0.6) is 5.75 Å². The van der Waals surface area contributed by atoms with Gasteiger partial charge >= 0.3 is 7.05 Å². The van der Waals surface area contributed by atoms with Gasteiger partial charge in [0.25, 0.3) is 0 Å². The molecule has 0 spiro atoms. The maximum Gasteiger partial charge on any atom is 0.374 e. The highest BCUT2D eigenvalue weighted by atomic mass is 16.5. The molecule has 1 saturated heterocycles. The molecule has 0 unspecified atom stereocenters. The highest BCUT2D eigenvalue weighted by molar-refractivity contribution is 6.46. The number of hydrogen-bond donors (Lipinski definition) is 3. The fourth-order valence-corrected chi connectivity index (χ4v) is 4.83. The molecule has 37 heavy (non-hydrogen) atoms. The standard InChI is InChI=1S/C28H32BN5O3/c1-19(33-29(2)36)28(35)34-16-14-21(15-17-34)24-12-13-25-27(30-24)32-26(31-25)22-8-10-23(11-9-22)37-18-20-6-4-3-5-7-20/h3-13,19,21,33,36H,14-18H2,1-2H3,(H,30,31,32)/t19-/m1/s1. The average molecular weight is 497 g/mol. The minimum atomic E-state index is -0.711. The maximum absolute atomic E-state index is 12.6. The zero-order chi connectivity index (χ0) is 25.8. The van der Waals surface area contributed by atoms with Gasteiger partial charge in [-0.1, -0.05) is 30.3 Å². The second-order valence-corrected chi connectivity index (χ2v) is 9.65. The number of carbonyl (C=O) groups excluding carboxylic acids is 1. The Labute approximate surface area is 217 Å². The number of rotatable bonds is 8. The highest BCUT2D eigenvalue weighted by Crippen LogP contribution is 2.29. The van der Waals surface area contributed by atoms with Gasteiger partial charge < -0.3 is 24.9 Å². The van der Waals surface area contributed by atoms with E-state index < -0.39 is 13.1 Å². The summed E-state index contributed by atoms with van der Waals surface area (Å²) in [6.07, 6.45) is 1.72. The summed E-state index contributed by atoms with van der Waals surface area (Å²) in [6, 6.07) is 21.7. The molecule has 1 atom stereocenters. The van der Waals surface area contributed by atoms with E-state index in [1.807, 2.05) is 71.6 Å². The van der Waals surface area contributed by atoms with E-state index in [1.54, 1.807) is 13.7 Å². The molecule has 0 radical (unpaired) electrons. The molecule has 0 saturated carbocycles. The Balaban J connectivity index is 1.21. The van der Waals surface area contributed by atoms with Crippen molar-refractivity contribution in [3.63, 3.8) is 0 Å². The lowest BCUT2D eigenvalue weighted by molar-refractivity contribution is -0.133. The van der Waals surface area contributed by atoms with Crippen LogP contribution in [-0.4, -0.2) is 57.0 Å². The number of benzene rings is 2. The minimum Gasteiger partial charge on any atom is -0.489 e. The smallest absolute Gasteiger partial charge is 0.374 e. The second-order valence-electron chi connectivity index (χ2n) is 9.65. The van der Waals surface area contributed by atoms with E-state index in [0.29, 0.717) is 25.6 Å². The Morgan fingerprint density at radius 2 is 1.84 bits per heavy atom. The van der Waals surface area contributed by atoms with Crippen molar-refractivity contribution in [2.45, 2.75) is 45.2 Å². The number of H-pyrrole nitrogens is 1. The van der Waals surface area contributed by atoms with Crippen LogP contribution >= 0.6 is 0 Å². The van der Waals surface area contributed by atoms with Crippen LogP contribution in [0.4, 0.5) is 0 Å². The third kappa shape index (κ3) is 6.01. The van der Waals surface area contributed by atoms with Gasteiger partial charge in [-0.05, 0) is 68.6 Å². The topological polar surface area (TPSA) is 103 Å². The first kappa shape index (κ1) is 25.0. The molecule has 0 aliphatic carbocycles. The molecular weight excluding hydrogens is 465 g/mol. The van der Waals surface area contributed by atoms with Crippen LogP contribution in [0.3, 0.4) is 0 Å². The molecule has 1 amide bonds. The predicted octanol–water partition coefficient (Wildman–Crippen LogP) is 4.00. The van der Waals surface area contributed by atoms with Crippen LogP contribution in [-0.2, 0) is 11.4 Å². The predicted molar refractivity (Wildman–Crippen MR) is 145 cm³/mol. The van der Waals surface area contributed by atoms with E-state index in [-0.39, 0.29) is 5.91 Å². The zero-order valence-corrected chi connectivity index (χ0v) is 21.2. The Kier molecular flexibility index (Phi) is 7.53. The molecule has 0 bridgehead atoms. The Morgan fingerprint density at radius 1 is 1.11 bits per heavy atom. The number of aromatic nitrogens is 3. The second kappa shape index (κ2) is 11.1. The van der Waals surface area contributed by atoms with Gasteiger partial charge in [-0.3, -0.25) is 4.79 Å². The van der Waals surface area contributed by atoms with Gasteiger partial charge in [-0.15, -0.1) is 0 Å². The van der Waals surface area contributed by atoms with Gasteiger partial charge in [0.05, 0.1) is 6.04 Å². The van der Waals surface area contributed by atoms with Crippen molar-refractivity contribution in [2.24, 2.45) is 0 Å². The number of aromatic amines is 1. The van der Waals surface area contributed by atoms with Gasteiger partial charge in [0.2, 0.25) is 5.91 Å². The van der Waals surface area contributed by atoms with Crippen molar-refractivity contribution in [2.75, 3.05) is 13.1 Å². The minimum absolute atomic E-state index is 0.0254. The van der Waals surface area contributed by atoms with Gasteiger partial charge in [0.15, 0.2) is 5.65 Å². The van der Waals surface area contributed by atoms with E-state index in [1.165, 1.54) is 0 Å². The molecule has 3 N–H and O–H groups in total. The summed E-state index contributed by atoms with van der Waals surface area (Å²) < 4.78 is 5.89. The molecule has 5 rings (SSSR count). The quantitative estimate of drug-likeness (QED) is 0.318. The number of imidazole rings is 1. The molecule has 8 nitrogen and oxygen atoms in total. The molecule has 1 aliphatic rings. The van der Waals surface area contributed by atoms with Crippen molar-refractivity contribution < 1.29 is 14.6 Å². The zero-order valence-electron chi connectivity index (χ0n) is 21.2. The van der Waals surface area contributed by atoms with Crippen LogP contribution in [0.25, 0.3) is 22.6 Å². The summed E-state index contributed by atoms with van der Waals surface area (Å²) >= 11 is 0. The summed E-state index contributed by atoms with van der Waals surface area (Å²) in [5, 5.41) is 12.4. The molecule has 1 aliphatic heterocycles. The van der Waals surface area contributed by atoms with E-state index in [0.717, 1.165) is 52.4 Å². The number of amides is 1. The molecule has 190 valence electrons. The van der Waals surface area contributed by atoms with Crippen molar-refractivity contribution in [1.82, 2.24) is 25.1 Å². The highest BCUT2D eigenvalue weighted by Gasteiger charge is 2.28. The van der Waals surface area contributed by atoms with E-state index in [2.05, 4.69) is 10.2 Å². The molecular formula is C28H32BN5O3. The molecule has 3 heterocycles. The number of carbonyl (C=O) groups is 1. The summed E-state index contributed by atoms with van der Waals surface area (Å²) in [6.45, 7) is 5.30. The molecule has 4 aromatic rings. The molecule has 9 heteroatoms. The number of nitrogens with zero attached hydrogens (tertiary/aromatic N) is 3. The van der Waals surface area contributed by atoms with Crippen LogP contribution in [0.2, 0.25) is 6.82 Å². The Hall–Kier alpha value is -3.69. The first-order valence-electron chi connectivity index (χ1n) is 12.8. The first-order valence-corrected chi connectivity index (χ1v) is 12.8. The van der Waals surface area contributed by atoms with Gasteiger partial charge in [0.1, 0.15) is 23.7 Å². The lowest BCUT2D eigenvalue weighted by Crippen LogP contribution is -2.51. The summed E-state index contributed by atoms with van der Waals surface area (Å²) in [4.78, 5) is 27.5. The van der Waals surface area contributed by atoms with Crippen LogP contribution in [0.15, 0.2) is 66.7 Å². The normalized spacial score (nSPS) is 15.1. The Bertz CT molecular complexity index is 1340. The van der Waals surface area contributed by atoms with Crippen molar-refractivity contribution >= 4 is 24.1 Å². The maximum atomic E-state index is 12.6. The number of piperidine rings is 1. The van der Waals surface area contributed by atoms with Crippen LogP contribution < -0.4 is 9.96 Å². The number of fused-ring (bicyclic) bond motifs is 1.